The van der Waals surface area contributed by atoms with Gasteiger partial charge in [0.2, 0.25) is 0 Å². The Bertz CT molecular complexity index is 1010. The zero-order valence-corrected chi connectivity index (χ0v) is 20.7. The third-order valence-corrected chi connectivity index (χ3v) is 5.77. The average molecular weight is 485 g/mol. The van der Waals surface area contributed by atoms with E-state index in [9.17, 15) is 13.9 Å². The van der Waals surface area contributed by atoms with E-state index in [4.69, 9.17) is 9.47 Å². The van der Waals surface area contributed by atoms with Gasteiger partial charge in [-0.1, -0.05) is 36.4 Å². The van der Waals surface area contributed by atoms with Gasteiger partial charge >= 0.3 is 0 Å². The van der Waals surface area contributed by atoms with Crippen LogP contribution in [0.15, 0.2) is 72.8 Å². The minimum absolute atomic E-state index is 0.118. The van der Waals surface area contributed by atoms with Crippen LogP contribution < -0.4 is 14.8 Å². The highest BCUT2D eigenvalue weighted by Gasteiger charge is 2.27. The highest BCUT2D eigenvalue weighted by atomic mass is 19.1. The van der Waals surface area contributed by atoms with Crippen molar-refractivity contribution in [3.05, 3.63) is 95.6 Å². The molecule has 3 aromatic carbocycles. The topological polar surface area (TPSA) is 54.0 Å². The van der Waals surface area contributed by atoms with Crippen molar-refractivity contribution in [2.24, 2.45) is 0 Å². The summed E-state index contributed by atoms with van der Waals surface area (Å²) in [5.41, 5.74) is 1.43. The number of para-hydroxylation sites is 2. The Hall–Kier alpha value is -3.00. The second kappa shape index (κ2) is 12.1. The predicted octanol–water partition coefficient (Wildman–Crippen LogP) is 4.80. The van der Waals surface area contributed by atoms with Gasteiger partial charge in [-0.3, -0.25) is 4.90 Å². The first-order valence-corrected chi connectivity index (χ1v) is 11.6. The van der Waals surface area contributed by atoms with Crippen LogP contribution in [-0.4, -0.2) is 55.5 Å². The number of nitrogens with one attached hydrogen (secondary N) is 1. The van der Waals surface area contributed by atoms with Gasteiger partial charge in [-0.05, 0) is 68.4 Å². The fourth-order valence-electron chi connectivity index (χ4n) is 4.14. The van der Waals surface area contributed by atoms with Crippen molar-refractivity contribution in [1.29, 1.82) is 0 Å². The predicted molar refractivity (Wildman–Crippen MR) is 134 cm³/mol. The Morgan fingerprint density at radius 2 is 1.40 bits per heavy atom. The lowest BCUT2D eigenvalue weighted by atomic mass is 9.95. The summed E-state index contributed by atoms with van der Waals surface area (Å²) in [6.07, 6.45) is -0.727. The third kappa shape index (κ3) is 7.75. The maximum Gasteiger partial charge on any atom is 0.161 e. The molecule has 1 atom stereocenters. The normalized spacial score (nSPS) is 12.7. The first-order chi connectivity index (χ1) is 16.7. The molecule has 3 aromatic rings. The standard InChI is InChI=1S/C28H34F2N2O3/c1-28(2,31-17-24(33)18-35-26-8-6-5-7-25(26)34-4)19-32(3)27(20-9-13-22(29)14-10-20)21-11-15-23(30)16-12-21/h5-16,24,27,31,33H,17-19H2,1-4H3. The Morgan fingerprint density at radius 3 is 1.91 bits per heavy atom. The van der Waals surface area contributed by atoms with Gasteiger partial charge in [0.25, 0.3) is 0 Å². The van der Waals surface area contributed by atoms with Crippen molar-refractivity contribution < 1.29 is 23.4 Å². The number of aliphatic hydroxyl groups excluding tert-OH is 1. The second-order valence-corrected chi connectivity index (χ2v) is 9.30. The summed E-state index contributed by atoms with van der Waals surface area (Å²) in [7, 11) is 3.55. The number of likely N-dealkylation sites (N-methyl/N-ethyl adjacent to an activating group) is 1. The summed E-state index contributed by atoms with van der Waals surface area (Å²) in [6.45, 7) is 5.14. The summed E-state index contributed by atoms with van der Waals surface area (Å²) >= 11 is 0. The molecule has 0 radical (unpaired) electrons. The molecule has 7 heteroatoms. The van der Waals surface area contributed by atoms with E-state index in [2.05, 4.69) is 10.2 Å². The molecule has 1 unspecified atom stereocenters. The Balaban J connectivity index is 1.63. The van der Waals surface area contributed by atoms with E-state index in [1.165, 1.54) is 24.3 Å². The van der Waals surface area contributed by atoms with E-state index in [1.807, 2.05) is 33.0 Å². The molecule has 0 amide bonds. The van der Waals surface area contributed by atoms with E-state index in [1.54, 1.807) is 43.5 Å². The SMILES string of the molecule is COc1ccccc1OCC(O)CNC(C)(C)CN(C)C(c1ccc(F)cc1)c1ccc(F)cc1. The van der Waals surface area contributed by atoms with Crippen LogP contribution in [0.1, 0.15) is 31.0 Å². The van der Waals surface area contributed by atoms with Crippen molar-refractivity contribution in [3.8, 4) is 11.5 Å². The molecule has 0 fully saturated rings. The van der Waals surface area contributed by atoms with Crippen LogP contribution in [0.2, 0.25) is 0 Å². The minimum atomic E-state index is -0.727. The molecule has 5 nitrogen and oxygen atoms in total. The van der Waals surface area contributed by atoms with Gasteiger partial charge in [-0.2, -0.15) is 0 Å². The quantitative estimate of drug-likeness (QED) is 0.387. The van der Waals surface area contributed by atoms with Crippen molar-refractivity contribution in [2.75, 3.05) is 33.9 Å². The molecule has 35 heavy (non-hydrogen) atoms. The summed E-state index contributed by atoms with van der Waals surface area (Å²) in [4.78, 5) is 2.13. The van der Waals surface area contributed by atoms with Gasteiger partial charge in [-0.15, -0.1) is 0 Å². The summed E-state index contributed by atoms with van der Waals surface area (Å²) in [5, 5.41) is 13.9. The fourth-order valence-corrected chi connectivity index (χ4v) is 4.14. The number of β-amino-alcohol motifs (C(OH)–C–C–N with tert-alkyl or cyclic N) is 1. The Morgan fingerprint density at radius 1 is 0.886 bits per heavy atom. The smallest absolute Gasteiger partial charge is 0.161 e. The maximum absolute atomic E-state index is 13.6. The molecular weight excluding hydrogens is 450 g/mol. The zero-order chi connectivity index (χ0) is 25.4. The molecule has 0 saturated heterocycles. The molecule has 0 saturated carbocycles. The highest BCUT2D eigenvalue weighted by Crippen LogP contribution is 2.29. The lowest BCUT2D eigenvalue weighted by Crippen LogP contribution is -2.51. The van der Waals surface area contributed by atoms with Crippen molar-refractivity contribution in [1.82, 2.24) is 10.2 Å². The molecule has 0 bridgehead atoms. The van der Waals surface area contributed by atoms with Crippen LogP contribution in [0.3, 0.4) is 0 Å². The van der Waals surface area contributed by atoms with Crippen LogP contribution in [0.25, 0.3) is 0 Å². The summed E-state index contributed by atoms with van der Waals surface area (Å²) in [5.74, 6) is 0.581. The van der Waals surface area contributed by atoms with E-state index in [0.717, 1.165) is 11.1 Å². The van der Waals surface area contributed by atoms with Gasteiger partial charge in [0, 0.05) is 18.6 Å². The monoisotopic (exact) mass is 484 g/mol. The van der Waals surface area contributed by atoms with Crippen LogP contribution in [0, 0.1) is 11.6 Å². The van der Waals surface area contributed by atoms with E-state index < -0.39 is 6.10 Å². The largest absolute Gasteiger partial charge is 0.493 e. The molecule has 2 N–H and O–H groups in total. The lowest BCUT2D eigenvalue weighted by Gasteiger charge is -2.37. The zero-order valence-electron chi connectivity index (χ0n) is 20.7. The van der Waals surface area contributed by atoms with E-state index >= 15 is 0 Å². The molecular formula is C28H34F2N2O3. The molecule has 0 aliphatic carbocycles. The van der Waals surface area contributed by atoms with Gasteiger partial charge in [0.15, 0.2) is 11.5 Å². The number of rotatable bonds is 12. The van der Waals surface area contributed by atoms with Crippen LogP contribution in [-0.2, 0) is 0 Å². The van der Waals surface area contributed by atoms with Gasteiger partial charge in [-0.25, -0.2) is 8.78 Å². The fraction of sp³-hybridized carbons (Fsp3) is 0.357. The van der Waals surface area contributed by atoms with Gasteiger partial charge in [0.05, 0.1) is 13.2 Å². The number of hydrogen-bond acceptors (Lipinski definition) is 5. The number of halogens is 2. The number of nitrogens with zero attached hydrogens (tertiary/aromatic N) is 1. The van der Waals surface area contributed by atoms with E-state index in [0.29, 0.717) is 24.6 Å². The molecule has 0 aromatic heterocycles. The number of methoxy groups -OCH3 is 1. The summed E-state index contributed by atoms with van der Waals surface area (Å²) < 4.78 is 38.1. The molecule has 0 aliphatic rings. The van der Waals surface area contributed by atoms with Crippen LogP contribution in [0.5, 0.6) is 11.5 Å². The molecule has 0 aliphatic heterocycles. The highest BCUT2D eigenvalue weighted by molar-refractivity contribution is 5.39. The Labute approximate surface area is 206 Å². The second-order valence-electron chi connectivity index (χ2n) is 9.30. The van der Waals surface area contributed by atoms with Crippen LogP contribution in [0.4, 0.5) is 8.78 Å². The third-order valence-electron chi connectivity index (χ3n) is 5.77. The Kier molecular flexibility index (Phi) is 9.20. The van der Waals surface area contributed by atoms with E-state index in [-0.39, 0.29) is 29.8 Å². The number of ether oxygens (including phenoxy) is 2. The molecule has 0 heterocycles. The molecule has 3 rings (SSSR count). The van der Waals surface area contributed by atoms with Crippen molar-refractivity contribution in [2.45, 2.75) is 31.5 Å². The van der Waals surface area contributed by atoms with Gasteiger partial charge < -0.3 is 19.9 Å². The average Bonchev–Trinajstić information content (AvgIpc) is 2.84. The lowest BCUT2D eigenvalue weighted by molar-refractivity contribution is 0.0922. The van der Waals surface area contributed by atoms with Crippen molar-refractivity contribution in [3.63, 3.8) is 0 Å². The number of aliphatic hydroxyl groups is 1. The number of benzene rings is 3. The minimum Gasteiger partial charge on any atom is -0.493 e. The maximum atomic E-state index is 13.6. The summed E-state index contributed by atoms with van der Waals surface area (Å²) in [6, 6.07) is 19.8. The first-order valence-electron chi connectivity index (χ1n) is 11.6. The van der Waals surface area contributed by atoms with Crippen LogP contribution >= 0.6 is 0 Å². The van der Waals surface area contributed by atoms with Gasteiger partial charge in [0.1, 0.15) is 24.3 Å². The van der Waals surface area contributed by atoms with Crippen molar-refractivity contribution >= 4 is 0 Å². The molecule has 188 valence electrons. The number of hydrogen-bond donors (Lipinski definition) is 2. The molecule has 0 spiro atoms. The first kappa shape index (κ1) is 26.6.